The first kappa shape index (κ1) is 12.9. The molecule has 0 spiro atoms. The first-order valence-electron chi connectivity index (χ1n) is 4.14. The Bertz CT molecular complexity index is 305. The highest BCUT2D eigenvalue weighted by molar-refractivity contribution is 5.85. The van der Waals surface area contributed by atoms with Gasteiger partial charge < -0.3 is 10.8 Å². The summed E-state index contributed by atoms with van der Waals surface area (Å²) in [4.78, 5) is 0. The van der Waals surface area contributed by atoms with E-state index in [9.17, 15) is 0 Å². The number of nitrogens with two attached hydrogens (primary N) is 1. The van der Waals surface area contributed by atoms with E-state index in [-0.39, 0.29) is 25.1 Å². The second-order valence-electron chi connectivity index (χ2n) is 2.85. The molecule has 0 unspecified atom stereocenters. The van der Waals surface area contributed by atoms with Crippen LogP contribution in [0.15, 0.2) is 24.3 Å². The third-order valence-electron chi connectivity index (χ3n) is 1.91. The van der Waals surface area contributed by atoms with Gasteiger partial charge in [-0.15, -0.1) is 12.4 Å². The van der Waals surface area contributed by atoms with Crippen molar-refractivity contribution in [2.75, 3.05) is 6.61 Å². The van der Waals surface area contributed by atoms with Gasteiger partial charge in [0.05, 0.1) is 11.6 Å². The lowest BCUT2D eigenvalue weighted by Gasteiger charge is -2.09. The number of nitriles is 1. The Labute approximate surface area is 89.6 Å². The van der Waals surface area contributed by atoms with Gasteiger partial charge in [0.2, 0.25) is 0 Å². The third-order valence-corrected chi connectivity index (χ3v) is 1.91. The molecule has 1 rings (SSSR count). The Kier molecular flexibility index (Phi) is 5.89. The highest BCUT2D eigenvalue weighted by atomic mass is 35.5. The molecule has 1 aromatic rings. The van der Waals surface area contributed by atoms with Gasteiger partial charge in [-0.2, -0.15) is 5.26 Å². The van der Waals surface area contributed by atoms with E-state index >= 15 is 0 Å². The van der Waals surface area contributed by atoms with Crippen LogP contribution < -0.4 is 5.73 Å². The number of rotatable bonds is 3. The van der Waals surface area contributed by atoms with E-state index in [4.69, 9.17) is 16.1 Å². The number of aliphatic hydroxyl groups is 1. The van der Waals surface area contributed by atoms with Crippen LogP contribution in [0.25, 0.3) is 0 Å². The maximum atomic E-state index is 8.67. The van der Waals surface area contributed by atoms with E-state index in [1.165, 1.54) is 0 Å². The van der Waals surface area contributed by atoms with Crippen LogP contribution in [0.3, 0.4) is 0 Å². The summed E-state index contributed by atoms with van der Waals surface area (Å²) in [6.07, 6.45) is 0.548. The molecule has 0 aliphatic rings. The number of nitrogens with zero attached hydrogens (tertiary/aromatic N) is 1. The number of aliphatic hydroxyl groups excluding tert-OH is 1. The maximum Gasteiger partial charge on any atom is 0.0991 e. The van der Waals surface area contributed by atoms with Crippen LogP contribution in [0.1, 0.15) is 23.6 Å². The Balaban J connectivity index is 0.00000169. The van der Waals surface area contributed by atoms with Crippen molar-refractivity contribution in [1.82, 2.24) is 0 Å². The van der Waals surface area contributed by atoms with Gasteiger partial charge in [-0.25, -0.2) is 0 Å². The van der Waals surface area contributed by atoms with Crippen molar-refractivity contribution in [3.63, 3.8) is 0 Å². The molecule has 3 nitrogen and oxygen atoms in total. The van der Waals surface area contributed by atoms with Gasteiger partial charge >= 0.3 is 0 Å². The smallest absolute Gasteiger partial charge is 0.0991 e. The molecule has 0 amide bonds. The topological polar surface area (TPSA) is 70.0 Å². The maximum absolute atomic E-state index is 8.67. The average Bonchev–Trinajstić information content (AvgIpc) is 2.18. The first-order valence-corrected chi connectivity index (χ1v) is 4.14. The van der Waals surface area contributed by atoms with Gasteiger partial charge in [0.1, 0.15) is 0 Å². The summed E-state index contributed by atoms with van der Waals surface area (Å²) in [5.74, 6) is 0. The molecular weight excluding hydrogens is 200 g/mol. The molecule has 0 aliphatic carbocycles. The third kappa shape index (κ3) is 3.35. The zero-order valence-corrected chi connectivity index (χ0v) is 8.50. The van der Waals surface area contributed by atoms with Crippen LogP contribution in [0.5, 0.6) is 0 Å². The lowest BCUT2D eigenvalue weighted by Crippen LogP contribution is -2.11. The van der Waals surface area contributed by atoms with E-state index in [1.807, 2.05) is 18.2 Å². The van der Waals surface area contributed by atoms with Crippen molar-refractivity contribution in [2.24, 2.45) is 5.73 Å². The molecule has 76 valence electrons. The molecule has 14 heavy (non-hydrogen) atoms. The number of halogens is 1. The number of hydrogen-bond donors (Lipinski definition) is 2. The first-order chi connectivity index (χ1) is 6.27. The van der Waals surface area contributed by atoms with Gasteiger partial charge in [-0.1, -0.05) is 12.1 Å². The summed E-state index contributed by atoms with van der Waals surface area (Å²) in [7, 11) is 0. The summed E-state index contributed by atoms with van der Waals surface area (Å²) < 4.78 is 0. The summed E-state index contributed by atoms with van der Waals surface area (Å²) >= 11 is 0. The van der Waals surface area contributed by atoms with Crippen LogP contribution in [-0.4, -0.2) is 11.7 Å². The van der Waals surface area contributed by atoms with E-state index in [2.05, 4.69) is 0 Å². The van der Waals surface area contributed by atoms with E-state index < -0.39 is 0 Å². The lowest BCUT2D eigenvalue weighted by atomic mass is 10.0. The summed E-state index contributed by atoms with van der Waals surface area (Å²) in [5, 5.41) is 17.2. The van der Waals surface area contributed by atoms with Crippen molar-refractivity contribution < 1.29 is 5.11 Å². The Morgan fingerprint density at radius 3 is 2.36 bits per heavy atom. The zero-order chi connectivity index (χ0) is 9.68. The minimum atomic E-state index is -0.141. The molecule has 0 radical (unpaired) electrons. The lowest BCUT2D eigenvalue weighted by molar-refractivity contribution is 0.276. The second kappa shape index (κ2) is 6.39. The van der Waals surface area contributed by atoms with Crippen molar-refractivity contribution >= 4 is 12.4 Å². The zero-order valence-electron chi connectivity index (χ0n) is 7.68. The fourth-order valence-corrected chi connectivity index (χ4v) is 1.11. The van der Waals surface area contributed by atoms with Gasteiger partial charge in [0, 0.05) is 12.6 Å². The predicted octanol–water partition coefficient (Wildman–Crippen LogP) is 1.36. The van der Waals surface area contributed by atoms with Crippen molar-refractivity contribution in [3.05, 3.63) is 35.4 Å². The van der Waals surface area contributed by atoms with Gasteiger partial charge in [-0.05, 0) is 24.1 Å². The van der Waals surface area contributed by atoms with Crippen molar-refractivity contribution in [2.45, 2.75) is 12.5 Å². The fourth-order valence-electron chi connectivity index (χ4n) is 1.11. The largest absolute Gasteiger partial charge is 0.396 e. The Morgan fingerprint density at radius 2 is 1.93 bits per heavy atom. The molecule has 1 atom stereocenters. The van der Waals surface area contributed by atoms with Crippen molar-refractivity contribution in [1.29, 1.82) is 5.26 Å². The average molecular weight is 213 g/mol. The molecular formula is C10H13ClN2O. The molecule has 0 aliphatic heterocycles. The molecule has 3 N–H and O–H groups in total. The van der Waals surface area contributed by atoms with Gasteiger partial charge in [0.25, 0.3) is 0 Å². The quantitative estimate of drug-likeness (QED) is 0.795. The highest BCUT2D eigenvalue weighted by Gasteiger charge is 2.03. The normalized spacial score (nSPS) is 11.2. The fraction of sp³-hybridized carbons (Fsp3) is 0.300. The van der Waals surface area contributed by atoms with Crippen LogP contribution >= 0.6 is 12.4 Å². The molecule has 4 heteroatoms. The minimum absolute atomic E-state index is 0. The molecule has 0 bridgehead atoms. The van der Waals surface area contributed by atoms with Crippen LogP contribution in [0.2, 0.25) is 0 Å². The Morgan fingerprint density at radius 1 is 1.36 bits per heavy atom. The van der Waals surface area contributed by atoms with Crippen molar-refractivity contribution in [3.8, 4) is 6.07 Å². The number of hydrogen-bond acceptors (Lipinski definition) is 3. The van der Waals surface area contributed by atoms with Gasteiger partial charge in [0.15, 0.2) is 0 Å². The highest BCUT2D eigenvalue weighted by Crippen LogP contribution is 2.13. The minimum Gasteiger partial charge on any atom is -0.396 e. The standard InChI is InChI=1S/C10H12N2O.ClH/c11-7-8-1-3-9(4-2-8)10(12)5-6-13;/h1-4,10,13H,5-6,12H2;1H/t10-;/m1./s1. The molecule has 1 aromatic carbocycles. The van der Waals surface area contributed by atoms with E-state index in [0.29, 0.717) is 12.0 Å². The van der Waals surface area contributed by atoms with E-state index in [0.717, 1.165) is 5.56 Å². The van der Waals surface area contributed by atoms with Crippen LogP contribution in [0, 0.1) is 11.3 Å². The van der Waals surface area contributed by atoms with Crippen LogP contribution in [0.4, 0.5) is 0 Å². The van der Waals surface area contributed by atoms with Gasteiger partial charge in [-0.3, -0.25) is 0 Å². The SMILES string of the molecule is Cl.N#Cc1ccc([C@H](N)CCO)cc1. The molecule has 0 heterocycles. The monoisotopic (exact) mass is 212 g/mol. The Hall–Kier alpha value is -1.08. The predicted molar refractivity (Wildman–Crippen MR) is 57.0 cm³/mol. The summed E-state index contributed by atoms with van der Waals surface area (Å²) in [5.41, 5.74) is 7.33. The molecule has 0 saturated carbocycles. The molecule has 0 fully saturated rings. The second-order valence-corrected chi connectivity index (χ2v) is 2.85. The molecule has 0 saturated heterocycles. The number of benzene rings is 1. The molecule has 0 aromatic heterocycles. The van der Waals surface area contributed by atoms with Crippen LogP contribution in [-0.2, 0) is 0 Å². The summed E-state index contributed by atoms with van der Waals surface area (Å²) in [6.45, 7) is 0.0845. The summed E-state index contributed by atoms with van der Waals surface area (Å²) in [6, 6.07) is 8.99. The van der Waals surface area contributed by atoms with E-state index in [1.54, 1.807) is 12.1 Å².